The molecule has 0 saturated carbocycles. The van der Waals surface area contributed by atoms with Crippen LogP contribution in [0.5, 0.6) is 0 Å². The SMILES string of the molecule is O=C(O)CSCCNC(=O)CC(c1ccccc1)C(F)(F)F. The van der Waals surface area contributed by atoms with E-state index < -0.39 is 30.4 Å². The predicted octanol–water partition coefficient (Wildman–Crippen LogP) is 2.66. The van der Waals surface area contributed by atoms with Crippen LogP contribution in [0.2, 0.25) is 0 Å². The molecule has 0 spiro atoms. The van der Waals surface area contributed by atoms with Crippen LogP contribution in [0.1, 0.15) is 17.9 Å². The van der Waals surface area contributed by atoms with Crippen LogP contribution in [0.15, 0.2) is 30.3 Å². The summed E-state index contributed by atoms with van der Waals surface area (Å²) in [7, 11) is 0. The number of thioether (sulfide) groups is 1. The standard InChI is InChI=1S/C14H16F3NO3S/c15-14(16,17)11(10-4-2-1-3-5-10)8-12(19)18-6-7-22-9-13(20)21/h1-5,11H,6-9H2,(H,18,19)(H,20,21). The number of halogens is 3. The Morgan fingerprint density at radius 2 is 1.86 bits per heavy atom. The summed E-state index contributed by atoms with van der Waals surface area (Å²) < 4.78 is 39.1. The molecular formula is C14H16F3NO3S. The number of amides is 1. The highest BCUT2D eigenvalue weighted by Crippen LogP contribution is 2.37. The first-order valence-corrected chi connectivity index (χ1v) is 7.64. The number of carboxylic acid groups (broad SMARTS) is 1. The van der Waals surface area contributed by atoms with Crippen LogP contribution in [0.3, 0.4) is 0 Å². The second-order valence-electron chi connectivity index (χ2n) is 4.51. The topological polar surface area (TPSA) is 66.4 Å². The van der Waals surface area contributed by atoms with Crippen molar-refractivity contribution >= 4 is 23.6 Å². The Balaban J connectivity index is 2.49. The molecule has 0 bridgehead atoms. The van der Waals surface area contributed by atoms with Crippen molar-refractivity contribution in [3.05, 3.63) is 35.9 Å². The maximum absolute atomic E-state index is 13.0. The number of hydrogen-bond donors (Lipinski definition) is 2. The molecule has 0 radical (unpaired) electrons. The van der Waals surface area contributed by atoms with Gasteiger partial charge in [-0.15, -0.1) is 11.8 Å². The number of carboxylic acids is 1. The van der Waals surface area contributed by atoms with Gasteiger partial charge in [-0.25, -0.2) is 0 Å². The monoisotopic (exact) mass is 335 g/mol. The average molecular weight is 335 g/mol. The molecule has 1 aromatic carbocycles. The summed E-state index contributed by atoms with van der Waals surface area (Å²) >= 11 is 1.09. The fourth-order valence-electron chi connectivity index (χ4n) is 1.79. The molecule has 0 aliphatic carbocycles. The first kappa shape index (κ1) is 18.3. The third-order valence-electron chi connectivity index (χ3n) is 2.78. The molecule has 1 unspecified atom stereocenters. The lowest BCUT2D eigenvalue weighted by atomic mass is 9.95. The first-order chi connectivity index (χ1) is 10.3. The molecule has 1 amide bonds. The van der Waals surface area contributed by atoms with E-state index >= 15 is 0 Å². The van der Waals surface area contributed by atoms with Gasteiger partial charge in [0.15, 0.2) is 0 Å². The van der Waals surface area contributed by atoms with Gasteiger partial charge >= 0.3 is 12.1 Å². The van der Waals surface area contributed by atoms with E-state index in [4.69, 9.17) is 5.11 Å². The Morgan fingerprint density at radius 3 is 2.41 bits per heavy atom. The molecule has 0 aliphatic rings. The number of rotatable bonds is 8. The molecule has 1 aromatic rings. The smallest absolute Gasteiger partial charge is 0.396 e. The van der Waals surface area contributed by atoms with E-state index in [0.29, 0.717) is 5.75 Å². The van der Waals surface area contributed by atoms with Crippen molar-refractivity contribution in [1.29, 1.82) is 0 Å². The van der Waals surface area contributed by atoms with Crippen LogP contribution >= 0.6 is 11.8 Å². The molecule has 1 atom stereocenters. The summed E-state index contributed by atoms with van der Waals surface area (Å²) in [6.45, 7) is 0.135. The summed E-state index contributed by atoms with van der Waals surface area (Å²) in [6, 6.07) is 7.28. The number of aliphatic carboxylic acids is 1. The third kappa shape index (κ3) is 6.84. The van der Waals surface area contributed by atoms with Gasteiger partial charge in [0, 0.05) is 18.7 Å². The molecule has 4 nitrogen and oxygen atoms in total. The van der Waals surface area contributed by atoms with Crippen molar-refractivity contribution in [1.82, 2.24) is 5.32 Å². The maximum Gasteiger partial charge on any atom is 0.396 e. The summed E-state index contributed by atoms with van der Waals surface area (Å²) in [5, 5.41) is 10.8. The molecule has 0 heterocycles. The number of hydrogen-bond acceptors (Lipinski definition) is 3. The summed E-state index contributed by atoms with van der Waals surface area (Å²) in [6.07, 6.45) is -5.19. The minimum absolute atomic E-state index is 0.0467. The van der Waals surface area contributed by atoms with Crippen LogP contribution in [0, 0.1) is 0 Å². The molecular weight excluding hydrogens is 319 g/mol. The van der Waals surface area contributed by atoms with Gasteiger partial charge in [0.2, 0.25) is 5.91 Å². The zero-order chi connectivity index (χ0) is 16.6. The second-order valence-corrected chi connectivity index (χ2v) is 5.61. The highest BCUT2D eigenvalue weighted by atomic mass is 32.2. The van der Waals surface area contributed by atoms with Crippen molar-refractivity contribution in [2.24, 2.45) is 0 Å². The second kappa shape index (κ2) is 8.67. The van der Waals surface area contributed by atoms with Gasteiger partial charge in [-0.05, 0) is 5.56 Å². The number of carbonyl (C=O) groups excluding carboxylic acids is 1. The van der Waals surface area contributed by atoms with E-state index in [2.05, 4.69) is 5.32 Å². The molecule has 0 saturated heterocycles. The lowest BCUT2D eigenvalue weighted by molar-refractivity contribution is -0.157. The van der Waals surface area contributed by atoms with Gasteiger partial charge < -0.3 is 10.4 Å². The lowest BCUT2D eigenvalue weighted by Gasteiger charge is -2.20. The molecule has 0 aromatic heterocycles. The molecule has 8 heteroatoms. The van der Waals surface area contributed by atoms with E-state index in [-0.39, 0.29) is 17.9 Å². The molecule has 22 heavy (non-hydrogen) atoms. The Bertz CT molecular complexity index is 494. The van der Waals surface area contributed by atoms with Gasteiger partial charge in [0.25, 0.3) is 0 Å². The Morgan fingerprint density at radius 1 is 1.23 bits per heavy atom. The van der Waals surface area contributed by atoms with Gasteiger partial charge in [-0.1, -0.05) is 30.3 Å². The summed E-state index contributed by atoms with van der Waals surface area (Å²) in [5.41, 5.74) is 0.0467. The van der Waals surface area contributed by atoms with Gasteiger partial charge in [0.05, 0.1) is 11.7 Å². The van der Waals surface area contributed by atoms with E-state index in [1.165, 1.54) is 24.3 Å². The van der Waals surface area contributed by atoms with Gasteiger partial charge in [-0.2, -0.15) is 13.2 Å². The van der Waals surface area contributed by atoms with Crippen molar-refractivity contribution < 1.29 is 27.9 Å². The summed E-state index contributed by atoms with van der Waals surface area (Å²) in [4.78, 5) is 21.9. The molecule has 0 aliphatic heterocycles. The largest absolute Gasteiger partial charge is 0.481 e. The zero-order valence-electron chi connectivity index (χ0n) is 11.6. The van der Waals surface area contributed by atoms with Crippen LogP contribution in [-0.2, 0) is 9.59 Å². The normalized spacial score (nSPS) is 12.7. The van der Waals surface area contributed by atoms with Crippen molar-refractivity contribution in [2.45, 2.75) is 18.5 Å². The Labute approximate surface area is 130 Å². The minimum Gasteiger partial charge on any atom is -0.481 e. The van der Waals surface area contributed by atoms with Crippen molar-refractivity contribution in [2.75, 3.05) is 18.1 Å². The highest BCUT2D eigenvalue weighted by Gasteiger charge is 2.41. The maximum atomic E-state index is 13.0. The first-order valence-electron chi connectivity index (χ1n) is 6.48. The van der Waals surface area contributed by atoms with E-state index in [1.807, 2.05) is 0 Å². The zero-order valence-corrected chi connectivity index (χ0v) is 12.4. The molecule has 1 rings (SSSR count). The number of benzene rings is 1. The Kier molecular flexibility index (Phi) is 7.23. The van der Waals surface area contributed by atoms with Crippen molar-refractivity contribution in [3.63, 3.8) is 0 Å². The van der Waals surface area contributed by atoms with E-state index in [0.717, 1.165) is 11.8 Å². The van der Waals surface area contributed by atoms with Crippen LogP contribution in [0.25, 0.3) is 0 Å². The minimum atomic E-state index is -4.50. The molecule has 2 N–H and O–H groups in total. The lowest BCUT2D eigenvalue weighted by Crippen LogP contribution is -2.31. The highest BCUT2D eigenvalue weighted by molar-refractivity contribution is 7.99. The van der Waals surface area contributed by atoms with E-state index in [9.17, 15) is 22.8 Å². The fourth-order valence-corrected chi connectivity index (χ4v) is 2.35. The molecule has 0 fully saturated rings. The Hall–Kier alpha value is -1.70. The quantitative estimate of drug-likeness (QED) is 0.717. The number of alkyl halides is 3. The van der Waals surface area contributed by atoms with Gasteiger partial charge in [0.1, 0.15) is 0 Å². The fraction of sp³-hybridized carbons (Fsp3) is 0.429. The van der Waals surface area contributed by atoms with E-state index in [1.54, 1.807) is 6.07 Å². The predicted molar refractivity (Wildman–Crippen MR) is 77.8 cm³/mol. The molecule has 122 valence electrons. The van der Waals surface area contributed by atoms with Crippen LogP contribution in [0.4, 0.5) is 13.2 Å². The average Bonchev–Trinajstić information content (AvgIpc) is 2.44. The summed E-state index contributed by atoms with van der Waals surface area (Å²) in [5.74, 6) is -3.30. The van der Waals surface area contributed by atoms with Crippen LogP contribution < -0.4 is 5.32 Å². The number of nitrogens with one attached hydrogen (secondary N) is 1. The van der Waals surface area contributed by atoms with Gasteiger partial charge in [-0.3, -0.25) is 9.59 Å². The third-order valence-corrected chi connectivity index (χ3v) is 3.72. The van der Waals surface area contributed by atoms with Crippen LogP contribution in [-0.4, -0.2) is 41.2 Å². The van der Waals surface area contributed by atoms with Crippen molar-refractivity contribution in [3.8, 4) is 0 Å². The number of carbonyl (C=O) groups is 2.